The van der Waals surface area contributed by atoms with Crippen LogP contribution >= 0.6 is 0 Å². The SMILES string of the molecule is Cc1cc(O)ccc1CC(C)CCN. The molecule has 0 aromatic heterocycles. The predicted octanol–water partition coefficient (Wildman–Crippen LogP) is 2.23. The molecule has 1 unspecified atom stereocenters. The van der Waals surface area contributed by atoms with Crippen LogP contribution in [0.3, 0.4) is 0 Å². The highest BCUT2D eigenvalue weighted by Gasteiger charge is 2.05. The summed E-state index contributed by atoms with van der Waals surface area (Å²) in [4.78, 5) is 0. The van der Waals surface area contributed by atoms with Gasteiger partial charge in [0, 0.05) is 0 Å². The molecule has 0 aliphatic carbocycles. The lowest BCUT2D eigenvalue weighted by Gasteiger charge is -2.12. The molecule has 0 aliphatic rings. The average molecular weight is 193 g/mol. The van der Waals surface area contributed by atoms with Gasteiger partial charge in [-0.1, -0.05) is 13.0 Å². The molecule has 0 heterocycles. The first kappa shape index (κ1) is 11.1. The molecule has 0 radical (unpaired) electrons. The van der Waals surface area contributed by atoms with Crippen molar-refractivity contribution in [3.05, 3.63) is 29.3 Å². The van der Waals surface area contributed by atoms with Gasteiger partial charge in [0.05, 0.1) is 0 Å². The van der Waals surface area contributed by atoms with E-state index < -0.39 is 0 Å². The van der Waals surface area contributed by atoms with Gasteiger partial charge in [-0.25, -0.2) is 0 Å². The quantitative estimate of drug-likeness (QED) is 0.770. The Hall–Kier alpha value is -1.02. The van der Waals surface area contributed by atoms with Crippen LogP contribution in [0.1, 0.15) is 24.5 Å². The van der Waals surface area contributed by atoms with Gasteiger partial charge in [0.25, 0.3) is 0 Å². The average Bonchev–Trinajstić information content (AvgIpc) is 2.10. The smallest absolute Gasteiger partial charge is 0.115 e. The van der Waals surface area contributed by atoms with Crippen LogP contribution in [-0.4, -0.2) is 11.7 Å². The van der Waals surface area contributed by atoms with Gasteiger partial charge < -0.3 is 10.8 Å². The first-order valence-electron chi connectivity index (χ1n) is 5.12. The molecular weight excluding hydrogens is 174 g/mol. The van der Waals surface area contributed by atoms with E-state index in [1.165, 1.54) is 5.56 Å². The van der Waals surface area contributed by atoms with E-state index in [-0.39, 0.29) is 0 Å². The Labute approximate surface area is 85.8 Å². The zero-order valence-corrected chi connectivity index (χ0v) is 8.96. The molecule has 2 nitrogen and oxygen atoms in total. The highest BCUT2D eigenvalue weighted by Crippen LogP contribution is 2.19. The summed E-state index contributed by atoms with van der Waals surface area (Å²) in [5.74, 6) is 0.959. The minimum absolute atomic E-state index is 0.345. The Balaban J connectivity index is 2.67. The Kier molecular flexibility index (Phi) is 3.96. The molecule has 78 valence electrons. The first-order valence-corrected chi connectivity index (χ1v) is 5.12. The van der Waals surface area contributed by atoms with Crippen molar-refractivity contribution < 1.29 is 5.11 Å². The predicted molar refractivity (Wildman–Crippen MR) is 59.4 cm³/mol. The largest absolute Gasteiger partial charge is 0.508 e. The number of phenolic OH excluding ortho intramolecular Hbond substituents is 1. The third-order valence-corrected chi connectivity index (χ3v) is 2.55. The second kappa shape index (κ2) is 5.01. The lowest BCUT2D eigenvalue weighted by Crippen LogP contribution is -2.08. The Morgan fingerprint density at radius 2 is 2.14 bits per heavy atom. The molecule has 0 fully saturated rings. The topological polar surface area (TPSA) is 46.2 Å². The van der Waals surface area contributed by atoms with Crippen LogP contribution in [0.2, 0.25) is 0 Å². The van der Waals surface area contributed by atoms with Crippen molar-refractivity contribution in [1.82, 2.24) is 0 Å². The van der Waals surface area contributed by atoms with Crippen LogP contribution in [-0.2, 0) is 6.42 Å². The zero-order valence-electron chi connectivity index (χ0n) is 8.96. The molecule has 0 saturated heterocycles. The van der Waals surface area contributed by atoms with Crippen molar-refractivity contribution in [2.24, 2.45) is 11.7 Å². The van der Waals surface area contributed by atoms with E-state index in [1.54, 1.807) is 6.07 Å². The van der Waals surface area contributed by atoms with Gasteiger partial charge in [0.15, 0.2) is 0 Å². The maximum atomic E-state index is 9.25. The van der Waals surface area contributed by atoms with Crippen molar-refractivity contribution in [3.63, 3.8) is 0 Å². The molecule has 0 bridgehead atoms. The highest BCUT2D eigenvalue weighted by molar-refractivity contribution is 5.34. The van der Waals surface area contributed by atoms with Crippen molar-refractivity contribution in [2.75, 3.05) is 6.54 Å². The van der Waals surface area contributed by atoms with Crippen LogP contribution in [0.25, 0.3) is 0 Å². The van der Waals surface area contributed by atoms with E-state index in [1.807, 2.05) is 19.1 Å². The summed E-state index contributed by atoms with van der Waals surface area (Å²) in [5, 5.41) is 9.25. The summed E-state index contributed by atoms with van der Waals surface area (Å²) in [6.07, 6.45) is 2.10. The lowest BCUT2D eigenvalue weighted by molar-refractivity contribution is 0.473. The summed E-state index contributed by atoms with van der Waals surface area (Å²) >= 11 is 0. The molecule has 0 aliphatic heterocycles. The summed E-state index contributed by atoms with van der Waals surface area (Å²) < 4.78 is 0. The van der Waals surface area contributed by atoms with E-state index in [0.717, 1.165) is 24.9 Å². The molecule has 1 rings (SSSR count). The van der Waals surface area contributed by atoms with E-state index in [2.05, 4.69) is 6.92 Å². The van der Waals surface area contributed by atoms with Gasteiger partial charge in [0.2, 0.25) is 0 Å². The number of phenols is 1. The van der Waals surface area contributed by atoms with E-state index >= 15 is 0 Å². The molecule has 2 heteroatoms. The summed E-state index contributed by atoms with van der Waals surface area (Å²) in [6, 6.07) is 5.56. The summed E-state index contributed by atoms with van der Waals surface area (Å²) in [6.45, 7) is 4.99. The fourth-order valence-electron chi connectivity index (χ4n) is 1.67. The van der Waals surface area contributed by atoms with Gasteiger partial charge >= 0.3 is 0 Å². The molecular formula is C12H19NO. The Morgan fingerprint density at radius 3 is 2.71 bits per heavy atom. The van der Waals surface area contributed by atoms with Gasteiger partial charge in [-0.3, -0.25) is 0 Å². The fourth-order valence-corrected chi connectivity index (χ4v) is 1.67. The number of aryl methyl sites for hydroxylation is 1. The van der Waals surface area contributed by atoms with E-state index in [9.17, 15) is 5.11 Å². The second-order valence-corrected chi connectivity index (χ2v) is 4.00. The molecule has 0 spiro atoms. The maximum absolute atomic E-state index is 9.25. The Bertz CT molecular complexity index is 296. The van der Waals surface area contributed by atoms with E-state index in [4.69, 9.17) is 5.73 Å². The minimum Gasteiger partial charge on any atom is -0.508 e. The zero-order chi connectivity index (χ0) is 10.6. The minimum atomic E-state index is 0.345. The van der Waals surface area contributed by atoms with Crippen LogP contribution in [0.5, 0.6) is 5.75 Å². The second-order valence-electron chi connectivity index (χ2n) is 4.00. The molecule has 0 amide bonds. The molecule has 1 atom stereocenters. The number of hydrogen-bond donors (Lipinski definition) is 2. The van der Waals surface area contributed by atoms with Gasteiger partial charge in [-0.15, -0.1) is 0 Å². The highest BCUT2D eigenvalue weighted by atomic mass is 16.3. The standard InChI is InChI=1S/C12H19NO/c1-9(5-6-13)7-11-3-4-12(14)8-10(11)2/h3-4,8-9,14H,5-7,13H2,1-2H3. The van der Waals surface area contributed by atoms with E-state index in [0.29, 0.717) is 11.7 Å². The maximum Gasteiger partial charge on any atom is 0.115 e. The van der Waals surface area contributed by atoms with Gasteiger partial charge in [-0.2, -0.15) is 0 Å². The monoisotopic (exact) mass is 193 g/mol. The third-order valence-electron chi connectivity index (χ3n) is 2.55. The normalized spacial score (nSPS) is 12.8. The number of nitrogens with two attached hydrogens (primary N) is 1. The molecule has 0 saturated carbocycles. The Morgan fingerprint density at radius 1 is 1.43 bits per heavy atom. The molecule has 1 aromatic carbocycles. The number of hydrogen-bond acceptors (Lipinski definition) is 2. The van der Waals surface area contributed by atoms with Crippen LogP contribution < -0.4 is 5.73 Å². The van der Waals surface area contributed by atoms with Gasteiger partial charge in [-0.05, 0) is 55.5 Å². The van der Waals surface area contributed by atoms with Crippen LogP contribution in [0.15, 0.2) is 18.2 Å². The van der Waals surface area contributed by atoms with Crippen LogP contribution in [0, 0.1) is 12.8 Å². The summed E-state index contributed by atoms with van der Waals surface area (Å²) in [7, 11) is 0. The van der Waals surface area contributed by atoms with Crippen molar-refractivity contribution >= 4 is 0 Å². The fraction of sp³-hybridized carbons (Fsp3) is 0.500. The number of aromatic hydroxyl groups is 1. The van der Waals surface area contributed by atoms with Crippen molar-refractivity contribution in [3.8, 4) is 5.75 Å². The third kappa shape index (κ3) is 3.04. The molecule has 3 N–H and O–H groups in total. The number of benzene rings is 1. The number of rotatable bonds is 4. The molecule has 1 aromatic rings. The first-order chi connectivity index (χ1) is 6.63. The summed E-state index contributed by atoms with van der Waals surface area (Å²) in [5.41, 5.74) is 7.98. The van der Waals surface area contributed by atoms with Crippen molar-refractivity contribution in [1.29, 1.82) is 0 Å². The van der Waals surface area contributed by atoms with Gasteiger partial charge in [0.1, 0.15) is 5.75 Å². The molecule has 14 heavy (non-hydrogen) atoms. The van der Waals surface area contributed by atoms with Crippen LogP contribution in [0.4, 0.5) is 0 Å². The van der Waals surface area contributed by atoms with Crippen molar-refractivity contribution in [2.45, 2.75) is 26.7 Å². The lowest BCUT2D eigenvalue weighted by atomic mass is 9.95.